The van der Waals surface area contributed by atoms with Crippen LogP contribution in [0.25, 0.3) is 21.8 Å². The lowest BCUT2D eigenvalue weighted by atomic mass is 9.99. The number of rotatable bonds is 12. The molecule has 0 unspecified atom stereocenters. The van der Waals surface area contributed by atoms with E-state index >= 15 is 0 Å². The summed E-state index contributed by atoms with van der Waals surface area (Å²) in [6.07, 6.45) is 11.5. The molecule has 0 saturated carbocycles. The zero-order valence-corrected chi connectivity index (χ0v) is 43.1. The number of para-hydroxylation sites is 2. The largest absolute Gasteiger partial charge is 0.371 e. The average molecular weight is 963 g/mol. The number of hydrogen-bond acceptors (Lipinski definition) is 14. The maximum atomic E-state index is 4.92. The van der Waals surface area contributed by atoms with Gasteiger partial charge in [-0.2, -0.15) is 0 Å². The fourth-order valence-electron chi connectivity index (χ4n) is 9.75. The first kappa shape index (κ1) is 49.6. The van der Waals surface area contributed by atoms with Gasteiger partial charge in [-0.3, -0.25) is 0 Å². The van der Waals surface area contributed by atoms with Crippen LogP contribution in [0.15, 0.2) is 134 Å². The molecule has 14 heteroatoms. The molecule has 6 heterocycles. The lowest BCUT2D eigenvalue weighted by Crippen LogP contribution is -2.49. The van der Waals surface area contributed by atoms with Crippen molar-refractivity contribution in [2.45, 2.75) is 104 Å². The normalized spacial score (nSPS) is 14.7. The zero-order valence-electron chi connectivity index (χ0n) is 43.1. The van der Waals surface area contributed by atoms with E-state index in [1.807, 2.05) is 12.1 Å². The van der Waals surface area contributed by atoms with Crippen molar-refractivity contribution in [2.24, 2.45) is 0 Å². The molecular formula is C58H70N14. The first-order valence-corrected chi connectivity index (χ1v) is 25.4. The highest BCUT2D eigenvalue weighted by atomic mass is 15.2. The summed E-state index contributed by atoms with van der Waals surface area (Å²) in [6.45, 7) is 21.7. The summed E-state index contributed by atoms with van der Waals surface area (Å²) in [5.74, 6) is 2.88. The van der Waals surface area contributed by atoms with Crippen molar-refractivity contribution in [3.8, 4) is 0 Å². The topological polar surface area (TPSA) is 156 Å². The Balaban J connectivity index is 0.000000178. The predicted molar refractivity (Wildman–Crippen MR) is 299 cm³/mol. The highest BCUT2D eigenvalue weighted by molar-refractivity contribution is 5.95. The van der Waals surface area contributed by atoms with Crippen LogP contribution in [0.5, 0.6) is 0 Å². The van der Waals surface area contributed by atoms with Crippen molar-refractivity contribution >= 4 is 79.5 Å². The van der Waals surface area contributed by atoms with E-state index in [0.717, 1.165) is 108 Å². The van der Waals surface area contributed by atoms with Gasteiger partial charge in [-0.1, -0.05) is 36.4 Å². The Morgan fingerprint density at radius 2 is 0.819 bits per heavy atom. The van der Waals surface area contributed by atoms with Crippen molar-refractivity contribution in [2.75, 3.05) is 57.2 Å². The van der Waals surface area contributed by atoms with E-state index in [1.165, 1.54) is 22.1 Å². The van der Waals surface area contributed by atoms with Gasteiger partial charge in [0.1, 0.15) is 11.6 Å². The Morgan fingerprint density at radius 1 is 0.444 bits per heavy atom. The van der Waals surface area contributed by atoms with Crippen molar-refractivity contribution in [1.82, 2.24) is 40.5 Å². The van der Waals surface area contributed by atoms with E-state index in [0.29, 0.717) is 24.0 Å². The second-order valence-corrected chi connectivity index (χ2v) is 21.1. The van der Waals surface area contributed by atoms with Crippen LogP contribution in [-0.2, 0) is 0 Å². The number of piperidine rings is 2. The molecule has 4 aromatic heterocycles. The van der Waals surface area contributed by atoms with Crippen LogP contribution in [0.4, 0.5) is 57.7 Å². The van der Waals surface area contributed by atoms with E-state index in [1.54, 1.807) is 36.9 Å². The summed E-state index contributed by atoms with van der Waals surface area (Å²) >= 11 is 0. The lowest BCUT2D eigenvalue weighted by Gasteiger charge is -2.37. The molecule has 372 valence electrons. The standard InChI is InChI=1S/2C29H35N7/c2*1-20-18-22(10-11-24(20)34-28-30-14-7-15-31-28)32-27-19-26(23-8-5-6-9-25(23)33-27)36-16-12-21(13-17-36)35-29(2,3)4/h2*5-11,14-15,18-19,21,35H,12-13,16-17H2,1-4H3,(H,32,33)(H,30,31,34). The Bertz CT molecular complexity index is 2850. The fourth-order valence-corrected chi connectivity index (χ4v) is 9.75. The number of anilines is 10. The minimum absolute atomic E-state index is 0.143. The van der Waals surface area contributed by atoms with Crippen LogP contribution in [0, 0.1) is 13.8 Å². The van der Waals surface area contributed by atoms with Crippen LogP contribution in [0.3, 0.4) is 0 Å². The minimum atomic E-state index is 0.143. The van der Waals surface area contributed by atoms with Gasteiger partial charge in [0.2, 0.25) is 11.9 Å². The van der Waals surface area contributed by atoms with Crippen LogP contribution in [0.1, 0.15) is 78.4 Å². The molecule has 4 aromatic carbocycles. The number of benzene rings is 4. The van der Waals surface area contributed by atoms with Crippen LogP contribution < -0.4 is 41.7 Å². The molecule has 0 atom stereocenters. The van der Waals surface area contributed by atoms with Gasteiger partial charge >= 0.3 is 0 Å². The van der Waals surface area contributed by atoms with E-state index in [-0.39, 0.29) is 11.1 Å². The molecule has 72 heavy (non-hydrogen) atoms. The Labute approximate surface area is 425 Å². The molecule has 0 spiro atoms. The maximum Gasteiger partial charge on any atom is 0.227 e. The van der Waals surface area contributed by atoms with Crippen molar-refractivity contribution in [3.63, 3.8) is 0 Å². The number of aromatic nitrogens is 6. The highest BCUT2D eigenvalue weighted by Crippen LogP contribution is 2.35. The van der Waals surface area contributed by atoms with Crippen LogP contribution >= 0.6 is 0 Å². The van der Waals surface area contributed by atoms with Gasteiger partial charge in [-0.25, -0.2) is 29.9 Å². The van der Waals surface area contributed by atoms with Gasteiger partial charge in [0.15, 0.2) is 0 Å². The predicted octanol–water partition coefficient (Wildman–Crippen LogP) is 12.4. The van der Waals surface area contributed by atoms with Crippen molar-refractivity contribution in [3.05, 3.63) is 145 Å². The third-order valence-electron chi connectivity index (χ3n) is 13.0. The fraction of sp³-hybridized carbons (Fsp3) is 0.345. The first-order chi connectivity index (χ1) is 34.7. The maximum absolute atomic E-state index is 4.92. The molecule has 2 saturated heterocycles. The number of pyridine rings is 2. The molecule has 0 amide bonds. The van der Waals surface area contributed by atoms with Crippen LogP contribution in [-0.4, -0.2) is 79.2 Å². The van der Waals surface area contributed by atoms with Gasteiger partial charge in [0.05, 0.1) is 11.0 Å². The number of nitrogens with one attached hydrogen (secondary N) is 6. The molecule has 8 aromatic rings. The molecule has 6 N–H and O–H groups in total. The molecular weight excluding hydrogens is 893 g/mol. The molecule has 14 nitrogen and oxygen atoms in total. The molecule has 2 fully saturated rings. The summed E-state index contributed by atoms with van der Waals surface area (Å²) < 4.78 is 0. The number of fused-ring (bicyclic) bond motifs is 2. The summed E-state index contributed by atoms with van der Waals surface area (Å²) in [7, 11) is 0. The van der Waals surface area contributed by atoms with Gasteiger partial charge in [-0.05, 0) is 153 Å². The molecule has 10 rings (SSSR count). The molecule has 0 aliphatic carbocycles. The molecule has 0 bridgehead atoms. The molecule has 2 aliphatic rings. The Morgan fingerprint density at radius 3 is 1.18 bits per heavy atom. The summed E-state index contributed by atoms with van der Waals surface area (Å²) in [5, 5.41) is 23.6. The Hall–Kier alpha value is -7.42. The monoisotopic (exact) mass is 963 g/mol. The smallest absolute Gasteiger partial charge is 0.227 e. The second kappa shape index (κ2) is 21.9. The third kappa shape index (κ3) is 13.1. The number of aryl methyl sites for hydroxylation is 2. The van der Waals surface area contributed by atoms with Gasteiger partial charge < -0.3 is 41.7 Å². The quantitative estimate of drug-likeness (QED) is 0.0688. The van der Waals surface area contributed by atoms with Crippen molar-refractivity contribution < 1.29 is 0 Å². The SMILES string of the molecule is Cc1cc(Nc2cc(N3CCC(NC(C)(C)C)CC3)c3ccccc3n2)ccc1Nc1ncccn1.Cc1cc(Nc2cc(N3CCC(NC(C)(C)C)CC3)c3ccccc3n2)ccc1Nc1ncccn1. The summed E-state index contributed by atoms with van der Waals surface area (Å²) in [5.41, 5.74) is 10.9. The highest BCUT2D eigenvalue weighted by Gasteiger charge is 2.26. The van der Waals surface area contributed by atoms with E-state index < -0.39 is 0 Å². The molecule has 0 radical (unpaired) electrons. The average Bonchev–Trinajstić information content (AvgIpc) is 3.36. The second-order valence-electron chi connectivity index (χ2n) is 21.1. The molecule has 2 aliphatic heterocycles. The van der Waals surface area contributed by atoms with Crippen LogP contribution in [0.2, 0.25) is 0 Å². The zero-order chi connectivity index (χ0) is 50.2. The van der Waals surface area contributed by atoms with Gasteiger partial charge in [0, 0.05) is 131 Å². The van der Waals surface area contributed by atoms with E-state index in [2.05, 4.69) is 202 Å². The van der Waals surface area contributed by atoms with E-state index in [9.17, 15) is 0 Å². The number of nitrogens with zero attached hydrogens (tertiary/aromatic N) is 8. The van der Waals surface area contributed by atoms with Crippen molar-refractivity contribution in [1.29, 1.82) is 0 Å². The minimum Gasteiger partial charge on any atom is -0.371 e. The number of hydrogen-bond donors (Lipinski definition) is 6. The Kier molecular flexibility index (Phi) is 15.1. The van der Waals surface area contributed by atoms with E-state index in [4.69, 9.17) is 9.97 Å². The summed E-state index contributed by atoms with van der Waals surface area (Å²) in [4.78, 5) is 31.9. The lowest BCUT2D eigenvalue weighted by molar-refractivity contribution is 0.317. The van der Waals surface area contributed by atoms with Gasteiger partial charge in [-0.15, -0.1) is 0 Å². The first-order valence-electron chi connectivity index (χ1n) is 25.4. The summed E-state index contributed by atoms with van der Waals surface area (Å²) in [6, 6.07) is 38.4. The third-order valence-corrected chi connectivity index (χ3v) is 13.0. The van der Waals surface area contributed by atoms with Gasteiger partial charge in [0.25, 0.3) is 0 Å².